The van der Waals surface area contributed by atoms with Crippen LogP contribution < -0.4 is 5.32 Å². The molecule has 28 heavy (non-hydrogen) atoms. The molecule has 0 bridgehead atoms. The minimum Gasteiger partial charge on any atom is -0.330 e. The van der Waals surface area contributed by atoms with E-state index in [1.54, 1.807) is 0 Å². The normalized spacial score (nSPS) is 15.8. The largest absolute Gasteiger partial charge is 0.330 e. The van der Waals surface area contributed by atoms with Crippen molar-refractivity contribution in [3.8, 4) is 0 Å². The zero-order chi connectivity index (χ0) is 19.5. The number of nitrogens with one attached hydrogen (secondary N) is 1. The van der Waals surface area contributed by atoms with E-state index in [9.17, 15) is 4.79 Å². The van der Waals surface area contributed by atoms with E-state index in [2.05, 4.69) is 38.9 Å². The summed E-state index contributed by atoms with van der Waals surface area (Å²) in [6.45, 7) is 6.99. The molecule has 1 aliphatic heterocycles. The van der Waals surface area contributed by atoms with Crippen LogP contribution in [-0.4, -0.2) is 58.0 Å². The summed E-state index contributed by atoms with van der Waals surface area (Å²) in [5, 5.41) is 3.00. The van der Waals surface area contributed by atoms with E-state index in [0.717, 1.165) is 55.3 Å². The number of carbonyl (C=O) groups excluding carboxylic acids is 1. The maximum atomic E-state index is 12.3. The van der Waals surface area contributed by atoms with Crippen molar-refractivity contribution in [2.24, 2.45) is 7.05 Å². The Balaban J connectivity index is 1.28. The summed E-state index contributed by atoms with van der Waals surface area (Å²) in [4.78, 5) is 21.7. The van der Waals surface area contributed by atoms with Gasteiger partial charge in [0.05, 0.1) is 24.1 Å². The molecule has 6 nitrogen and oxygen atoms in total. The second kappa shape index (κ2) is 8.12. The average molecular weight is 377 g/mol. The van der Waals surface area contributed by atoms with Crippen molar-refractivity contribution in [2.75, 3.05) is 38.0 Å². The zero-order valence-corrected chi connectivity index (χ0v) is 16.6. The Morgan fingerprint density at radius 3 is 2.54 bits per heavy atom. The monoisotopic (exact) mass is 377 g/mol. The molecule has 4 rings (SSSR count). The number of anilines is 1. The highest BCUT2D eigenvalue weighted by Crippen LogP contribution is 2.16. The number of aryl methyl sites for hydroxylation is 2. The van der Waals surface area contributed by atoms with Gasteiger partial charge < -0.3 is 9.88 Å². The molecule has 1 fully saturated rings. The van der Waals surface area contributed by atoms with Gasteiger partial charge in [-0.05, 0) is 36.8 Å². The van der Waals surface area contributed by atoms with Gasteiger partial charge in [-0.2, -0.15) is 0 Å². The van der Waals surface area contributed by atoms with Gasteiger partial charge in [-0.15, -0.1) is 0 Å². The maximum Gasteiger partial charge on any atom is 0.238 e. The fourth-order valence-corrected chi connectivity index (χ4v) is 3.77. The van der Waals surface area contributed by atoms with Gasteiger partial charge in [-0.1, -0.05) is 24.3 Å². The second-order valence-electron chi connectivity index (χ2n) is 7.55. The molecular formula is C22H27N5O. The molecule has 1 aromatic heterocycles. The average Bonchev–Trinajstić information content (AvgIpc) is 2.99. The summed E-state index contributed by atoms with van der Waals surface area (Å²) in [7, 11) is 2.08. The number of fused-ring (bicyclic) bond motifs is 1. The molecule has 1 saturated heterocycles. The summed E-state index contributed by atoms with van der Waals surface area (Å²) in [5.41, 5.74) is 4.23. The molecule has 146 valence electrons. The van der Waals surface area contributed by atoms with Gasteiger partial charge in [-0.3, -0.25) is 14.6 Å². The Kier molecular flexibility index (Phi) is 5.41. The number of carbonyl (C=O) groups is 1. The van der Waals surface area contributed by atoms with Gasteiger partial charge in [0, 0.05) is 38.9 Å². The summed E-state index contributed by atoms with van der Waals surface area (Å²) in [6.07, 6.45) is 0. The molecular weight excluding hydrogens is 350 g/mol. The van der Waals surface area contributed by atoms with Crippen LogP contribution in [0.25, 0.3) is 11.0 Å². The minimum absolute atomic E-state index is 0.0504. The molecule has 1 aliphatic rings. The molecule has 0 aliphatic carbocycles. The lowest BCUT2D eigenvalue weighted by molar-refractivity contribution is -0.117. The van der Waals surface area contributed by atoms with Crippen molar-refractivity contribution < 1.29 is 4.79 Å². The number of rotatable bonds is 5. The topological polar surface area (TPSA) is 53.4 Å². The number of nitrogens with zero attached hydrogens (tertiary/aromatic N) is 4. The molecule has 2 aromatic carbocycles. The van der Waals surface area contributed by atoms with E-state index >= 15 is 0 Å². The van der Waals surface area contributed by atoms with Crippen LogP contribution in [0, 0.1) is 6.92 Å². The Labute approximate surface area is 165 Å². The lowest BCUT2D eigenvalue weighted by atomic mass is 10.2. The summed E-state index contributed by atoms with van der Waals surface area (Å²) in [5.74, 6) is 1.14. The van der Waals surface area contributed by atoms with Crippen LogP contribution in [0.15, 0.2) is 48.5 Å². The quantitative estimate of drug-likeness (QED) is 0.743. The molecule has 1 amide bonds. The van der Waals surface area contributed by atoms with Gasteiger partial charge in [0.25, 0.3) is 0 Å². The van der Waals surface area contributed by atoms with Crippen molar-refractivity contribution in [1.82, 2.24) is 19.4 Å². The van der Waals surface area contributed by atoms with Crippen molar-refractivity contribution in [2.45, 2.75) is 13.5 Å². The molecule has 2 heterocycles. The van der Waals surface area contributed by atoms with Crippen molar-refractivity contribution >= 4 is 22.6 Å². The summed E-state index contributed by atoms with van der Waals surface area (Å²) < 4.78 is 2.18. The number of benzene rings is 2. The van der Waals surface area contributed by atoms with Crippen LogP contribution in [-0.2, 0) is 18.4 Å². The number of aromatic nitrogens is 2. The van der Waals surface area contributed by atoms with Crippen molar-refractivity contribution in [1.29, 1.82) is 0 Å². The van der Waals surface area contributed by atoms with Gasteiger partial charge in [0.2, 0.25) is 5.91 Å². The Hall–Kier alpha value is -2.70. The van der Waals surface area contributed by atoms with Gasteiger partial charge in [-0.25, -0.2) is 4.98 Å². The fraction of sp³-hybridized carbons (Fsp3) is 0.364. The molecule has 1 N–H and O–H groups in total. The minimum atomic E-state index is 0.0504. The molecule has 0 atom stereocenters. The Morgan fingerprint density at radius 2 is 1.79 bits per heavy atom. The van der Waals surface area contributed by atoms with Crippen LogP contribution in [0.5, 0.6) is 0 Å². The Bertz CT molecular complexity index is 972. The lowest BCUT2D eigenvalue weighted by Gasteiger charge is -2.34. The predicted molar refractivity (Wildman–Crippen MR) is 112 cm³/mol. The highest BCUT2D eigenvalue weighted by atomic mass is 16.2. The van der Waals surface area contributed by atoms with Crippen LogP contribution in [0.1, 0.15) is 11.4 Å². The molecule has 0 spiro atoms. The van der Waals surface area contributed by atoms with E-state index in [0.29, 0.717) is 6.54 Å². The number of amides is 1. The number of piperazine rings is 1. The third kappa shape index (κ3) is 4.24. The first-order valence-corrected chi connectivity index (χ1v) is 9.80. The summed E-state index contributed by atoms with van der Waals surface area (Å²) in [6, 6.07) is 16.2. The fourth-order valence-electron chi connectivity index (χ4n) is 3.77. The lowest BCUT2D eigenvalue weighted by Crippen LogP contribution is -2.48. The smallest absolute Gasteiger partial charge is 0.238 e. The SMILES string of the molecule is Cc1cccc(NC(=O)CN2CCN(Cc3nc4ccccc4n3C)CC2)c1. The van der Waals surface area contributed by atoms with E-state index in [4.69, 9.17) is 4.98 Å². The zero-order valence-electron chi connectivity index (χ0n) is 16.6. The number of hydrogen-bond acceptors (Lipinski definition) is 4. The van der Waals surface area contributed by atoms with E-state index in [-0.39, 0.29) is 5.91 Å². The maximum absolute atomic E-state index is 12.3. The van der Waals surface area contributed by atoms with E-state index in [1.807, 2.05) is 43.3 Å². The number of para-hydroxylation sites is 2. The van der Waals surface area contributed by atoms with Crippen LogP contribution >= 0.6 is 0 Å². The van der Waals surface area contributed by atoms with Crippen LogP contribution in [0.3, 0.4) is 0 Å². The highest BCUT2D eigenvalue weighted by Gasteiger charge is 2.20. The molecule has 6 heteroatoms. The first kappa shape index (κ1) is 18.7. The third-order valence-corrected chi connectivity index (χ3v) is 5.38. The molecule has 0 saturated carbocycles. The standard InChI is InChI=1S/C22H27N5O/c1-17-6-5-7-18(14-17)23-22(28)16-27-12-10-26(11-13-27)15-21-24-19-8-3-4-9-20(19)25(21)2/h3-9,14H,10-13,15-16H2,1-2H3,(H,23,28). The first-order chi connectivity index (χ1) is 13.6. The molecule has 0 unspecified atom stereocenters. The number of hydrogen-bond donors (Lipinski definition) is 1. The van der Waals surface area contributed by atoms with Gasteiger partial charge in [0.15, 0.2) is 0 Å². The van der Waals surface area contributed by atoms with Gasteiger partial charge in [0.1, 0.15) is 5.82 Å². The predicted octanol–water partition coefficient (Wildman–Crippen LogP) is 2.64. The van der Waals surface area contributed by atoms with Crippen LogP contribution in [0.2, 0.25) is 0 Å². The molecule has 0 radical (unpaired) electrons. The van der Waals surface area contributed by atoms with Crippen molar-refractivity contribution in [3.05, 3.63) is 59.9 Å². The van der Waals surface area contributed by atoms with Crippen LogP contribution in [0.4, 0.5) is 5.69 Å². The van der Waals surface area contributed by atoms with Gasteiger partial charge >= 0.3 is 0 Å². The van der Waals surface area contributed by atoms with E-state index < -0.39 is 0 Å². The highest BCUT2D eigenvalue weighted by molar-refractivity contribution is 5.92. The first-order valence-electron chi connectivity index (χ1n) is 9.80. The third-order valence-electron chi connectivity index (χ3n) is 5.38. The Morgan fingerprint density at radius 1 is 1.04 bits per heavy atom. The number of imidazole rings is 1. The second-order valence-corrected chi connectivity index (χ2v) is 7.55. The van der Waals surface area contributed by atoms with E-state index in [1.165, 1.54) is 5.52 Å². The molecule has 3 aromatic rings. The summed E-state index contributed by atoms with van der Waals surface area (Å²) >= 11 is 0. The van der Waals surface area contributed by atoms with Crippen molar-refractivity contribution in [3.63, 3.8) is 0 Å².